The van der Waals surface area contributed by atoms with Crippen LogP contribution in [0.25, 0.3) is 0 Å². The van der Waals surface area contributed by atoms with Crippen LogP contribution in [0, 0.1) is 0 Å². The number of nitrogens with zero attached hydrogens (tertiary/aromatic N) is 2. The second kappa shape index (κ2) is 6.44. The Morgan fingerprint density at radius 1 is 1.14 bits per heavy atom. The van der Waals surface area contributed by atoms with Gasteiger partial charge in [-0.05, 0) is 24.1 Å². The van der Waals surface area contributed by atoms with Gasteiger partial charge in [0.25, 0.3) is 0 Å². The van der Waals surface area contributed by atoms with Crippen LogP contribution in [-0.2, 0) is 21.2 Å². The highest BCUT2D eigenvalue weighted by Crippen LogP contribution is 2.11. The fourth-order valence-corrected chi connectivity index (χ4v) is 3.19. The molecule has 0 radical (unpaired) electrons. The third-order valence-corrected chi connectivity index (χ3v) is 4.97. The number of carbonyl (C=O) groups excluding carboxylic acids is 1. The van der Waals surface area contributed by atoms with Gasteiger partial charge in [-0.15, -0.1) is 0 Å². The SMILES string of the molecule is CS(=O)(=O)N1CCN(C(=O)CCc2ccc(N)cc2)CC1. The lowest BCUT2D eigenvalue weighted by Gasteiger charge is -2.33. The van der Waals surface area contributed by atoms with E-state index in [1.165, 1.54) is 10.6 Å². The molecule has 6 nitrogen and oxygen atoms in total. The number of piperazine rings is 1. The van der Waals surface area contributed by atoms with Crippen molar-refractivity contribution in [3.05, 3.63) is 29.8 Å². The molecule has 0 unspecified atom stereocenters. The van der Waals surface area contributed by atoms with Gasteiger partial charge in [0, 0.05) is 38.3 Å². The molecule has 0 aliphatic carbocycles. The average Bonchev–Trinajstić information content (AvgIpc) is 2.45. The molecule has 1 aliphatic rings. The van der Waals surface area contributed by atoms with E-state index >= 15 is 0 Å². The maximum Gasteiger partial charge on any atom is 0.222 e. The van der Waals surface area contributed by atoms with Gasteiger partial charge >= 0.3 is 0 Å². The van der Waals surface area contributed by atoms with Crippen LogP contribution in [0.2, 0.25) is 0 Å². The second-order valence-corrected chi connectivity index (χ2v) is 7.27. The van der Waals surface area contributed by atoms with E-state index in [2.05, 4.69) is 0 Å². The van der Waals surface area contributed by atoms with Crippen molar-refractivity contribution in [1.82, 2.24) is 9.21 Å². The number of nitrogen functional groups attached to an aromatic ring is 1. The van der Waals surface area contributed by atoms with Crippen LogP contribution in [0.15, 0.2) is 24.3 Å². The van der Waals surface area contributed by atoms with E-state index in [-0.39, 0.29) is 5.91 Å². The summed E-state index contributed by atoms with van der Waals surface area (Å²) in [7, 11) is -3.15. The molecule has 7 heteroatoms. The first kappa shape index (κ1) is 15.8. The Balaban J connectivity index is 1.81. The molecular weight excluding hydrogens is 290 g/mol. The van der Waals surface area contributed by atoms with Crippen LogP contribution in [0.4, 0.5) is 5.69 Å². The van der Waals surface area contributed by atoms with Gasteiger partial charge in [0.1, 0.15) is 0 Å². The highest BCUT2D eigenvalue weighted by molar-refractivity contribution is 7.88. The van der Waals surface area contributed by atoms with E-state index in [1.54, 1.807) is 4.90 Å². The average molecular weight is 311 g/mol. The first-order valence-electron chi connectivity index (χ1n) is 6.93. The highest BCUT2D eigenvalue weighted by Gasteiger charge is 2.25. The number of sulfonamides is 1. The van der Waals surface area contributed by atoms with Gasteiger partial charge in [-0.25, -0.2) is 8.42 Å². The number of amides is 1. The first-order chi connectivity index (χ1) is 9.86. The number of hydrogen-bond donors (Lipinski definition) is 1. The number of hydrogen-bond acceptors (Lipinski definition) is 4. The van der Waals surface area contributed by atoms with Crippen LogP contribution >= 0.6 is 0 Å². The van der Waals surface area contributed by atoms with E-state index in [1.807, 2.05) is 24.3 Å². The van der Waals surface area contributed by atoms with E-state index in [9.17, 15) is 13.2 Å². The molecule has 1 saturated heterocycles. The molecule has 0 spiro atoms. The number of aryl methyl sites for hydroxylation is 1. The summed E-state index contributed by atoms with van der Waals surface area (Å²) in [5, 5.41) is 0. The van der Waals surface area contributed by atoms with E-state index < -0.39 is 10.0 Å². The third kappa shape index (κ3) is 4.44. The molecule has 0 saturated carbocycles. The topological polar surface area (TPSA) is 83.7 Å². The minimum absolute atomic E-state index is 0.0694. The Kier molecular flexibility index (Phi) is 4.84. The zero-order valence-corrected chi connectivity index (χ0v) is 13.0. The van der Waals surface area contributed by atoms with Gasteiger partial charge < -0.3 is 10.6 Å². The number of nitrogens with two attached hydrogens (primary N) is 1. The third-order valence-electron chi connectivity index (χ3n) is 3.67. The van der Waals surface area contributed by atoms with Crippen molar-refractivity contribution in [1.29, 1.82) is 0 Å². The minimum Gasteiger partial charge on any atom is -0.399 e. The Labute approximate surface area is 125 Å². The predicted octanol–water partition coefficient (Wildman–Crippen LogP) is 0.305. The number of rotatable bonds is 4. The fourth-order valence-electron chi connectivity index (χ4n) is 2.36. The monoisotopic (exact) mass is 311 g/mol. The van der Waals surface area contributed by atoms with Gasteiger partial charge in [-0.1, -0.05) is 12.1 Å². The van der Waals surface area contributed by atoms with E-state index in [4.69, 9.17) is 5.73 Å². The summed E-state index contributed by atoms with van der Waals surface area (Å²) in [6, 6.07) is 7.49. The molecule has 1 fully saturated rings. The summed E-state index contributed by atoms with van der Waals surface area (Å²) in [5.41, 5.74) is 7.41. The molecule has 1 amide bonds. The van der Waals surface area contributed by atoms with Gasteiger partial charge in [0.2, 0.25) is 15.9 Å². The minimum atomic E-state index is -3.15. The zero-order valence-electron chi connectivity index (χ0n) is 12.2. The van der Waals surface area contributed by atoms with E-state index in [0.717, 1.165) is 5.56 Å². The van der Waals surface area contributed by atoms with Gasteiger partial charge in [0.05, 0.1) is 6.26 Å². The molecular formula is C14H21N3O3S. The summed E-state index contributed by atoms with van der Waals surface area (Å²) in [5.74, 6) is 0.0694. The zero-order chi connectivity index (χ0) is 15.5. The quantitative estimate of drug-likeness (QED) is 0.811. The van der Waals surface area contributed by atoms with Crippen molar-refractivity contribution in [3.8, 4) is 0 Å². The molecule has 0 bridgehead atoms. The molecule has 116 valence electrons. The Morgan fingerprint density at radius 2 is 1.71 bits per heavy atom. The van der Waals surface area contributed by atoms with Gasteiger partial charge in [-0.3, -0.25) is 4.79 Å². The number of anilines is 1. The lowest BCUT2D eigenvalue weighted by Crippen LogP contribution is -2.50. The molecule has 0 atom stereocenters. The summed E-state index contributed by atoms with van der Waals surface area (Å²) < 4.78 is 24.2. The standard InChI is InChI=1S/C14H21N3O3S/c1-21(19,20)17-10-8-16(9-11-17)14(18)7-4-12-2-5-13(15)6-3-12/h2-3,5-6H,4,7-11,15H2,1H3. The molecule has 0 aromatic heterocycles. The second-order valence-electron chi connectivity index (χ2n) is 5.28. The van der Waals surface area contributed by atoms with Crippen molar-refractivity contribution in [2.45, 2.75) is 12.8 Å². The molecule has 1 heterocycles. The van der Waals surface area contributed by atoms with Crippen LogP contribution in [0.5, 0.6) is 0 Å². The van der Waals surface area contributed by atoms with Crippen molar-refractivity contribution in [2.24, 2.45) is 0 Å². The molecule has 1 aromatic rings. The van der Waals surface area contributed by atoms with E-state index in [0.29, 0.717) is 44.7 Å². The largest absolute Gasteiger partial charge is 0.399 e. The summed E-state index contributed by atoms with van der Waals surface area (Å²) in [6.45, 7) is 1.69. The molecule has 1 aromatic carbocycles. The van der Waals surface area contributed by atoms with Crippen LogP contribution in [0.3, 0.4) is 0 Å². The van der Waals surface area contributed by atoms with Crippen LogP contribution < -0.4 is 5.73 Å². The Hall–Kier alpha value is -1.60. The van der Waals surface area contributed by atoms with Crippen molar-refractivity contribution >= 4 is 21.6 Å². The molecule has 2 rings (SSSR count). The van der Waals surface area contributed by atoms with Crippen molar-refractivity contribution < 1.29 is 13.2 Å². The number of carbonyl (C=O) groups is 1. The first-order valence-corrected chi connectivity index (χ1v) is 8.78. The highest BCUT2D eigenvalue weighted by atomic mass is 32.2. The molecule has 2 N–H and O–H groups in total. The Morgan fingerprint density at radius 3 is 2.24 bits per heavy atom. The molecule has 21 heavy (non-hydrogen) atoms. The predicted molar refractivity (Wildman–Crippen MR) is 82.2 cm³/mol. The van der Waals surface area contributed by atoms with Crippen LogP contribution in [-0.4, -0.2) is 56.0 Å². The summed E-state index contributed by atoms with van der Waals surface area (Å²) >= 11 is 0. The van der Waals surface area contributed by atoms with Crippen molar-refractivity contribution in [2.75, 3.05) is 38.2 Å². The Bertz CT molecular complexity index is 590. The number of benzene rings is 1. The summed E-state index contributed by atoms with van der Waals surface area (Å²) in [4.78, 5) is 13.9. The van der Waals surface area contributed by atoms with Crippen molar-refractivity contribution in [3.63, 3.8) is 0 Å². The van der Waals surface area contributed by atoms with Gasteiger partial charge in [0.15, 0.2) is 0 Å². The lowest BCUT2D eigenvalue weighted by atomic mass is 10.1. The maximum absolute atomic E-state index is 12.1. The molecule has 1 aliphatic heterocycles. The smallest absolute Gasteiger partial charge is 0.222 e. The normalized spacial score (nSPS) is 16.9. The fraction of sp³-hybridized carbons (Fsp3) is 0.500. The maximum atomic E-state index is 12.1. The summed E-state index contributed by atoms with van der Waals surface area (Å²) in [6.07, 6.45) is 2.31. The van der Waals surface area contributed by atoms with Crippen LogP contribution in [0.1, 0.15) is 12.0 Å². The lowest BCUT2D eigenvalue weighted by molar-refractivity contribution is -0.132. The van der Waals surface area contributed by atoms with Gasteiger partial charge in [-0.2, -0.15) is 4.31 Å².